The van der Waals surface area contributed by atoms with Crippen molar-refractivity contribution in [3.8, 4) is 0 Å². The highest BCUT2D eigenvalue weighted by atomic mass is 79.9. The lowest BCUT2D eigenvalue weighted by atomic mass is 9.68. The minimum absolute atomic E-state index is 0. The third kappa shape index (κ3) is 3.64. The minimum Gasteiger partial charge on any atom is -1.00 e. The molecule has 1 aliphatic carbocycles. The quantitative estimate of drug-likeness (QED) is 0.735. The Morgan fingerprint density at radius 1 is 0.923 bits per heavy atom. The number of halogens is 1. The van der Waals surface area contributed by atoms with Crippen LogP contribution in [0, 0.1) is 11.8 Å². The number of rotatable bonds is 4. The molecule has 1 aromatic carbocycles. The van der Waals surface area contributed by atoms with E-state index >= 15 is 0 Å². The first-order valence-electron chi connectivity index (χ1n) is 10.6. The molecule has 2 unspecified atom stereocenters. The number of aliphatic hydroxyl groups is 1. The van der Waals surface area contributed by atoms with Gasteiger partial charge in [-0.05, 0) is 36.7 Å². The van der Waals surface area contributed by atoms with Crippen molar-refractivity contribution in [1.29, 1.82) is 0 Å². The van der Waals surface area contributed by atoms with Gasteiger partial charge in [-0.1, -0.05) is 49.6 Å². The van der Waals surface area contributed by atoms with E-state index in [-0.39, 0.29) is 17.0 Å². The number of hydrogen-bond acceptors (Lipinski definition) is 1. The number of piperidine rings is 1. The third-order valence-electron chi connectivity index (χ3n) is 8.08. The van der Waals surface area contributed by atoms with Gasteiger partial charge in [0.2, 0.25) is 0 Å². The van der Waals surface area contributed by atoms with Crippen molar-refractivity contribution in [3.05, 3.63) is 35.9 Å². The molecule has 1 N–H and O–H groups in total. The van der Waals surface area contributed by atoms with E-state index in [4.69, 9.17) is 0 Å². The van der Waals surface area contributed by atoms with Gasteiger partial charge >= 0.3 is 0 Å². The molecule has 0 aromatic heterocycles. The second-order valence-corrected chi connectivity index (χ2v) is 9.68. The van der Waals surface area contributed by atoms with E-state index in [0.717, 1.165) is 18.5 Å². The molecular formula is C23H36BrNO. The number of quaternary nitrogens is 1. The highest BCUT2D eigenvalue weighted by Gasteiger charge is 2.51. The molecule has 3 fully saturated rings. The standard InChI is InChI=1S/C23H36NO.BrH/c1-24(2)21-13-14-22(24)16-18(15-21)17-23(25,19-9-5-3-6-10-19)20-11-7-4-8-12-20;/h3,5-6,9-10,18,20-22,25H,4,7-8,11-17H2,1-2H3;1H/q+1;/p-1/t18?,21-,22+,23?;. The first-order chi connectivity index (χ1) is 12.0. The predicted molar refractivity (Wildman–Crippen MR) is 103 cm³/mol. The molecule has 0 spiro atoms. The lowest BCUT2D eigenvalue weighted by molar-refractivity contribution is -0.931. The lowest BCUT2D eigenvalue weighted by Crippen LogP contribution is -3.00. The Kier molecular flexibility index (Phi) is 6.21. The van der Waals surface area contributed by atoms with Crippen LogP contribution in [0.25, 0.3) is 0 Å². The van der Waals surface area contributed by atoms with Crippen LogP contribution in [0.2, 0.25) is 0 Å². The zero-order valence-electron chi connectivity index (χ0n) is 16.5. The van der Waals surface area contributed by atoms with Crippen LogP contribution in [0.1, 0.15) is 69.8 Å². The average molecular weight is 422 g/mol. The van der Waals surface area contributed by atoms with Crippen molar-refractivity contribution in [2.45, 2.75) is 81.9 Å². The zero-order valence-corrected chi connectivity index (χ0v) is 18.1. The van der Waals surface area contributed by atoms with Gasteiger partial charge in [-0.2, -0.15) is 0 Å². The summed E-state index contributed by atoms with van der Waals surface area (Å²) in [6, 6.07) is 12.3. The molecule has 2 aliphatic heterocycles. The van der Waals surface area contributed by atoms with Crippen LogP contribution in [0.4, 0.5) is 0 Å². The molecule has 146 valence electrons. The average Bonchev–Trinajstić information content (AvgIpc) is 2.80. The summed E-state index contributed by atoms with van der Waals surface area (Å²) in [5.41, 5.74) is 0.564. The molecule has 2 saturated heterocycles. The predicted octanol–water partition coefficient (Wildman–Crippen LogP) is 1.87. The van der Waals surface area contributed by atoms with Crippen LogP contribution in [0.15, 0.2) is 30.3 Å². The van der Waals surface area contributed by atoms with Crippen LogP contribution in [0.3, 0.4) is 0 Å². The number of nitrogens with zero attached hydrogens (tertiary/aromatic N) is 1. The van der Waals surface area contributed by atoms with Gasteiger partial charge in [0, 0.05) is 25.7 Å². The van der Waals surface area contributed by atoms with Crippen LogP contribution < -0.4 is 17.0 Å². The third-order valence-corrected chi connectivity index (χ3v) is 8.08. The summed E-state index contributed by atoms with van der Waals surface area (Å²) in [7, 11) is 4.87. The summed E-state index contributed by atoms with van der Waals surface area (Å²) < 4.78 is 1.23. The summed E-state index contributed by atoms with van der Waals surface area (Å²) in [6.45, 7) is 0. The Balaban J connectivity index is 0.00000196. The van der Waals surface area contributed by atoms with Gasteiger partial charge in [0.05, 0.1) is 31.8 Å². The summed E-state index contributed by atoms with van der Waals surface area (Å²) in [6.07, 6.45) is 12.7. The summed E-state index contributed by atoms with van der Waals surface area (Å²) in [5, 5.41) is 12.0. The van der Waals surface area contributed by atoms with E-state index in [0.29, 0.717) is 11.8 Å². The van der Waals surface area contributed by atoms with E-state index in [1.165, 1.54) is 67.8 Å². The lowest BCUT2D eigenvalue weighted by Gasteiger charge is -2.47. The second kappa shape index (κ2) is 7.93. The van der Waals surface area contributed by atoms with E-state index in [2.05, 4.69) is 44.4 Å². The smallest absolute Gasteiger partial charge is 0.0927 e. The summed E-state index contributed by atoms with van der Waals surface area (Å²) >= 11 is 0. The molecule has 2 heterocycles. The van der Waals surface area contributed by atoms with E-state index in [1.807, 2.05) is 0 Å². The van der Waals surface area contributed by atoms with Gasteiger partial charge in [0.25, 0.3) is 0 Å². The van der Waals surface area contributed by atoms with Crippen molar-refractivity contribution in [2.24, 2.45) is 11.8 Å². The number of benzene rings is 1. The normalized spacial score (nSPS) is 33.3. The molecule has 0 amide bonds. The maximum atomic E-state index is 12.0. The van der Waals surface area contributed by atoms with Crippen LogP contribution in [0.5, 0.6) is 0 Å². The minimum atomic E-state index is -0.611. The topological polar surface area (TPSA) is 20.2 Å². The van der Waals surface area contributed by atoms with Crippen LogP contribution in [-0.2, 0) is 5.60 Å². The molecule has 3 heteroatoms. The van der Waals surface area contributed by atoms with Crippen molar-refractivity contribution in [1.82, 2.24) is 0 Å². The fourth-order valence-corrected chi connectivity index (χ4v) is 6.43. The van der Waals surface area contributed by atoms with Crippen LogP contribution in [-0.4, -0.2) is 35.8 Å². The summed E-state index contributed by atoms with van der Waals surface area (Å²) in [5.74, 6) is 1.14. The fourth-order valence-electron chi connectivity index (χ4n) is 6.43. The second-order valence-electron chi connectivity index (χ2n) is 9.68. The van der Waals surface area contributed by atoms with Gasteiger partial charge in [-0.25, -0.2) is 0 Å². The Hall–Kier alpha value is -0.380. The van der Waals surface area contributed by atoms with E-state index in [1.54, 1.807) is 0 Å². The molecule has 26 heavy (non-hydrogen) atoms. The Morgan fingerprint density at radius 2 is 1.50 bits per heavy atom. The first-order valence-corrected chi connectivity index (χ1v) is 10.6. The largest absolute Gasteiger partial charge is 1.00 e. The highest BCUT2D eigenvalue weighted by Crippen LogP contribution is 2.49. The summed E-state index contributed by atoms with van der Waals surface area (Å²) in [4.78, 5) is 0. The van der Waals surface area contributed by atoms with Gasteiger partial charge in [-0.3, -0.25) is 0 Å². The molecule has 0 radical (unpaired) electrons. The first kappa shape index (κ1) is 20.4. The fraction of sp³-hybridized carbons (Fsp3) is 0.739. The van der Waals surface area contributed by atoms with Gasteiger partial charge < -0.3 is 26.6 Å². The van der Waals surface area contributed by atoms with Gasteiger partial charge in [0.15, 0.2) is 0 Å². The van der Waals surface area contributed by atoms with Gasteiger partial charge in [-0.15, -0.1) is 0 Å². The molecule has 1 saturated carbocycles. The molecule has 2 nitrogen and oxygen atoms in total. The van der Waals surface area contributed by atoms with E-state index < -0.39 is 5.60 Å². The van der Waals surface area contributed by atoms with Crippen LogP contribution >= 0.6 is 0 Å². The Bertz CT molecular complexity index is 567. The van der Waals surface area contributed by atoms with Gasteiger partial charge in [0.1, 0.15) is 0 Å². The van der Waals surface area contributed by atoms with Crippen molar-refractivity contribution in [3.63, 3.8) is 0 Å². The zero-order chi connectivity index (χ0) is 17.5. The SMILES string of the molecule is C[N+]1(C)[C@@H]2CC[C@H]1CC(CC(O)(c1ccccc1)C1CCCCC1)C2.[Br-]. The van der Waals surface area contributed by atoms with Crippen molar-refractivity contribution in [2.75, 3.05) is 14.1 Å². The number of fused-ring (bicyclic) bond motifs is 2. The monoisotopic (exact) mass is 421 g/mol. The molecule has 2 bridgehead atoms. The van der Waals surface area contributed by atoms with Crippen molar-refractivity contribution >= 4 is 0 Å². The van der Waals surface area contributed by atoms with Crippen molar-refractivity contribution < 1.29 is 26.6 Å². The molecule has 4 rings (SSSR count). The maximum absolute atomic E-state index is 12.0. The molecule has 4 atom stereocenters. The molecule has 3 aliphatic rings. The Labute approximate surface area is 170 Å². The molecule has 1 aromatic rings. The maximum Gasteiger partial charge on any atom is 0.0927 e. The van der Waals surface area contributed by atoms with E-state index in [9.17, 15) is 5.11 Å². The number of hydrogen-bond donors (Lipinski definition) is 1. The highest BCUT2D eigenvalue weighted by molar-refractivity contribution is 5.24. The Morgan fingerprint density at radius 3 is 2.08 bits per heavy atom. The molecular weight excluding hydrogens is 386 g/mol.